The molecule has 0 bridgehead atoms. The first-order chi connectivity index (χ1) is 9.79. The second-order valence-corrected chi connectivity index (χ2v) is 5.17. The van der Waals surface area contributed by atoms with Crippen molar-refractivity contribution in [1.82, 2.24) is 0 Å². The van der Waals surface area contributed by atoms with E-state index in [4.69, 9.17) is 0 Å². The summed E-state index contributed by atoms with van der Waals surface area (Å²) in [5.74, 6) is -0.816. The number of Topliss-reactive ketones (excluding diaryl/α,β-unsaturated/α-hetero) is 1. The van der Waals surface area contributed by atoms with E-state index in [0.717, 1.165) is 24.8 Å². The highest BCUT2D eigenvalue weighted by Gasteiger charge is 2.23. The van der Waals surface area contributed by atoms with Gasteiger partial charge in [-0.1, -0.05) is 42.5 Å². The average Bonchev–Trinajstić information content (AvgIpc) is 2.96. The number of fused-ring (bicyclic) bond motifs is 1. The van der Waals surface area contributed by atoms with Crippen LogP contribution in [-0.2, 0) is 12.8 Å². The third kappa shape index (κ3) is 2.23. The third-order valence-corrected chi connectivity index (χ3v) is 3.91. The molecule has 1 aliphatic carbocycles. The molecule has 3 rings (SSSR count). The van der Waals surface area contributed by atoms with Crippen LogP contribution in [-0.4, -0.2) is 5.78 Å². The van der Waals surface area contributed by atoms with Gasteiger partial charge in [0.2, 0.25) is 0 Å². The molecule has 0 fully saturated rings. The lowest BCUT2D eigenvalue weighted by Crippen LogP contribution is -2.11. The Labute approximate surface area is 118 Å². The molecule has 0 saturated carbocycles. The van der Waals surface area contributed by atoms with Crippen LogP contribution in [0.2, 0.25) is 0 Å². The van der Waals surface area contributed by atoms with Gasteiger partial charge in [-0.05, 0) is 42.0 Å². The minimum absolute atomic E-state index is 0.103. The molecule has 2 aromatic rings. The zero-order valence-electron chi connectivity index (χ0n) is 11.2. The quantitative estimate of drug-likeness (QED) is 0.791. The summed E-state index contributed by atoms with van der Waals surface area (Å²) in [4.78, 5) is 12.6. The summed E-state index contributed by atoms with van der Waals surface area (Å²) in [6, 6.07) is 17.3. The molecule has 0 saturated heterocycles. The van der Waals surface area contributed by atoms with Gasteiger partial charge in [-0.3, -0.25) is 4.79 Å². The van der Waals surface area contributed by atoms with Gasteiger partial charge in [-0.15, -0.1) is 0 Å². The molecular formula is C18H15NO. The van der Waals surface area contributed by atoms with E-state index in [0.29, 0.717) is 5.56 Å². The van der Waals surface area contributed by atoms with Crippen LogP contribution >= 0.6 is 0 Å². The van der Waals surface area contributed by atoms with Crippen molar-refractivity contribution in [2.75, 3.05) is 0 Å². The van der Waals surface area contributed by atoms with Crippen LogP contribution in [0.15, 0.2) is 48.5 Å². The van der Waals surface area contributed by atoms with Crippen LogP contribution in [0.4, 0.5) is 0 Å². The largest absolute Gasteiger partial charge is 0.292 e. The van der Waals surface area contributed by atoms with Gasteiger partial charge < -0.3 is 0 Å². The summed E-state index contributed by atoms with van der Waals surface area (Å²) in [7, 11) is 0. The standard InChI is InChI=1S/C18H15NO/c19-12-17(14-5-2-1-3-6-14)18(20)16-10-9-13-7-4-8-15(13)11-16/h1-3,5-6,9-11,17H,4,7-8H2. The molecule has 20 heavy (non-hydrogen) atoms. The van der Waals surface area contributed by atoms with Crippen molar-refractivity contribution in [3.8, 4) is 6.07 Å². The maximum absolute atomic E-state index is 12.6. The number of hydrogen-bond acceptors (Lipinski definition) is 2. The Balaban J connectivity index is 1.94. The van der Waals surface area contributed by atoms with Crippen LogP contribution in [0.5, 0.6) is 0 Å². The fourth-order valence-corrected chi connectivity index (χ4v) is 2.82. The van der Waals surface area contributed by atoms with Gasteiger partial charge in [-0.25, -0.2) is 0 Å². The molecule has 0 spiro atoms. The van der Waals surface area contributed by atoms with E-state index in [9.17, 15) is 10.1 Å². The van der Waals surface area contributed by atoms with E-state index in [-0.39, 0.29) is 5.78 Å². The third-order valence-electron chi connectivity index (χ3n) is 3.91. The van der Waals surface area contributed by atoms with E-state index in [1.807, 2.05) is 48.5 Å². The van der Waals surface area contributed by atoms with Crippen LogP contribution in [0, 0.1) is 11.3 Å². The highest BCUT2D eigenvalue weighted by atomic mass is 16.1. The molecule has 1 aliphatic rings. The normalized spacial score (nSPS) is 14.3. The molecule has 0 aromatic heterocycles. The fourth-order valence-electron chi connectivity index (χ4n) is 2.82. The van der Waals surface area contributed by atoms with Gasteiger partial charge in [0.25, 0.3) is 0 Å². The average molecular weight is 261 g/mol. The van der Waals surface area contributed by atoms with Crippen LogP contribution < -0.4 is 0 Å². The summed E-state index contributed by atoms with van der Waals surface area (Å²) < 4.78 is 0. The number of hydrogen-bond donors (Lipinski definition) is 0. The second kappa shape index (κ2) is 5.30. The van der Waals surface area contributed by atoms with Crippen molar-refractivity contribution in [1.29, 1.82) is 5.26 Å². The van der Waals surface area contributed by atoms with Gasteiger partial charge in [0.1, 0.15) is 5.92 Å². The molecule has 1 unspecified atom stereocenters. The minimum Gasteiger partial charge on any atom is -0.292 e. The predicted molar refractivity (Wildman–Crippen MR) is 77.6 cm³/mol. The van der Waals surface area contributed by atoms with E-state index in [1.165, 1.54) is 11.1 Å². The molecule has 2 heteroatoms. The number of carbonyl (C=O) groups is 1. The van der Waals surface area contributed by atoms with Crippen molar-refractivity contribution < 1.29 is 4.79 Å². The number of aryl methyl sites for hydroxylation is 2. The number of ketones is 1. The predicted octanol–water partition coefficient (Wildman–Crippen LogP) is 3.67. The molecule has 2 nitrogen and oxygen atoms in total. The molecule has 2 aromatic carbocycles. The molecule has 0 heterocycles. The van der Waals surface area contributed by atoms with Gasteiger partial charge in [0.05, 0.1) is 6.07 Å². The molecule has 0 amide bonds. The minimum atomic E-state index is -0.712. The molecule has 98 valence electrons. The number of benzene rings is 2. The maximum Gasteiger partial charge on any atom is 0.184 e. The van der Waals surface area contributed by atoms with Crippen LogP contribution in [0.1, 0.15) is 39.4 Å². The Bertz CT molecular complexity index is 682. The van der Waals surface area contributed by atoms with Gasteiger partial charge in [-0.2, -0.15) is 5.26 Å². The van der Waals surface area contributed by atoms with E-state index in [1.54, 1.807) is 0 Å². The molecule has 0 aliphatic heterocycles. The lowest BCUT2D eigenvalue weighted by atomic mass is 9.91. The number of carbonyl (C=O) groups excluding carboxylic acids is 1. The van der Waals surface area contributed by atoms with Crippen molar-refractivity contribution in [2.24, 2.45) is 0 Å². The Kier molecular flexibility index (Phi) is 3.35. The molecule has 0 radical (unpaired) electrons. The number of nitriles is 1. The van der Waals surface area contributed by atoms with Crippen molar-refractivity contribution in [2.45, 2.75) is 25.2 Å². The molecule has 0 N–H and O–H groups in total. The summed E-state index contributed by atoms with van der Waals surface area (Å²) in [5.41, 5.74) is 4.02. The second-order valence-electron chi connectivity index (χ2n) is 5.17. The van der Waals surface area contributed by atoms with Crippen molar-refractivity contribution in [3.05, 3.63) is 70.8 Å². The lowest BCUT2D eigenvalue weighted by Gasteiger charge is -2.10. The fraction of sp³-hybridized carbons (Fsp3) is 0.222. The zero-order valence-corrected chi connectivity index (χ0v) is 11.2. The monoisotopic (exact) mass is 261 g/mol. The van der Waals surface area contributed by atoms with Crippen LogP contribution in [0.3, 0.4) is 0 Å². The van der Waals surface area contributed by atoms with Gasteiger partial charge >= 0.3 is 0 Å². The zero-order chi connectivity index (χ0) is 13.9. The topological polar surface area (TPSA) is 40.9 Å². The molecular weight excluding hydrogens is 246 g/mol. The smallest absolute Gasteiger partial charge is 0.184 e. The first-order valence-corrected chi connectivity index (χ1v) is 6.90. The Morgan fingerprint density at radius 2 is 1.80 bits per heavy atom. The summed E-state index contributed by atoms with van der Waals surface area (Å²) in [6.45, 7) is 0. The Morgan fingerprint density at radius 3 is 2.55 bits per heavy atom. The SMILES string of the molecule is N#CC(C(=O)c1ccc2c(c1)CCC2)c1ccccc1. The van der Waals surface area contributed by atoms with Crippen molar-refractivity contribution >= 4 is 5.78 Å². The first-order valence-electron chi connectivity index (χ1n) is 6.90. The Hall–Kier alpha value is -2.40. The number of nitrogens with zero attached hydrogens (tertiary/aromatic N) is 1. The highest BCUT2D eigenvalue weighted by molar-refractivity contribution is 6.03. The van der Waals surface area contributed by atoms with E-state index < -0.39 is 5.92 Å². The van der Waals surface area contributed by atoms with Gasteiger partial charge in [0, 0.05) is 5.56 Å². The van der Waals surface area contributed by atoms with Gasteiger partial charge in [0.15, 0.2) is 5.78 Å². The van der Waals surface area contributed by atoms with Crippen LogP contribution in [0.25, 0.3) is 0 Å². The lowest BCUT2D eigenvalue weighted by molar-refractivity contribution is 0.0979. The highest BCUT2D eigenvalue weighted by Crippen LogP contribution is 2.26. The summed E-state index contributed by atoms with van der Waals surface area (Å²) in [5, 5.41) is 9.33. The maximum atomic E-state index is 12.6. The van der Waals surface area contributed by atoms with E-state index in [2.05, 4.69) is 6.07 Å². The van der Waals surface area contributed by atoms with Crippen molar-refractivity contribution in [3.63, 3.8) is 0 Å². The molecule has 1 atom stereocenters. The Morgan fingerprint density at radius 1 is 1.05 bits per heavy atom. The summed E-state index contributed by atoms with van der Waals surface area (Å²) in [6.07, 6.45) is 3.30. The number of rotatable bonds is 3. The van der Waals surface area contributed by atoms with E-state index >= 15 is 0 Å². The summed E-state index contributed by atoms with van der Waals surface area (Å²) >= 11 is 0. The first kappa shape index (κ1) is 12.6.